The molecule has 0 aliphatic heterocycles. The second-order valence-corrected chi connectivity index (χ2v) is 5.51. The summed E-state index contributed by atoms with van der Waals surface area (Å²) in [5.41, 5.74) is 0. The van der Waals surface area contributed by atoms with E-state index >= 15 is 0 Å². The third kappa shape index (κ3) is 4.64. The van der Waals surface area contributed by atoms with E-state index in [0.29, 0.717) is 6.04 Å². The molecule has 0 saturated heterocycles. The van der Waals surface area contributed by atoms with Gasteiger partial charge in [-0.25, -0.2) is 0 Å². The first-order valence-electron chi connectivity index (χ1n) is 6.71. The number of nitrogens with one attached hydrogen (secondary N) is 1. The van der Waals surface area contributed by atoms with Crippen LogP contribution in [0.4, 0.5) is 0 Å². The van der Waals surface area contributed by atoms with E-state index in [1.807, 2.05) is 0 Å². The Morgan fingerprint density at radius 3 is 2.65 bits per heavy atom. The summed E-state index contributed by atoms with van der Waals surface area (Å²) in [7, 11) is 3.61. The SMILES string of the molecule is COC(=O)C(CCN(C)CC1CC1)NC1CC1. The van der Waals surface area contributed by atoms with Crippen molar-refractivity contribution in [1.29, 1.82) is 0 Å². The van der Waals surface area contributed by atoms with Gasteiger partial charge in [-0.15, -0.1) is 0 Å². The molecule has 0 bridgehead atoms. The zero-order valence-corrected chi connectivity index (χ0v) is 10.9. The van der Waals surface area contributed by atoms with E-state index < -0.39 is 0 Å². The fourth-order valence-corrected chi connectivity index (χ4v) is 2.13. The van der Waals surface area contributed by atoms with Gasteiger partial charge in [0.1, 0.15) is 6.04 Å². The normalized spacial score (nSPS) is 21.6. The molecule has 17 heavy (non-hydrogen) atoms. The third-order valence-electron chi connectivity index (χ3n) is 3.57. The summed E-state index contributed by atoms with van der Waals surface area (Å²) < 4.78 is 4.85. The Bertz CT molecular complexity index is 262. The minimum atomic E-state index is -0.117. The second-order valence-electron chi connectivity index (χ2n) is 5.51. The maximum absolute atomic E-state index is 11.6. The molecule has 98 valence electrons. The lowest BCUT2D eigenvalue weighted by Crippen LogP contribution is -2.41. The van der Waals surface area contributed by atoms with Crippen LogP contribution in [0.1, 0.15) is 32.1 Å². The summed E-state index contributed by atoms with van der Waals surface area (Å²) in [6.45, 7) is 2.15. The number of ether oxygens (including phenoxy) is 1. The highest BCUT2D eigenvalue weighted by molar-refractivity contribution is 5.75. The predicted molar refractivity (Wildman–Crippen MR) is 66.8 cm³/mol. The largest absolute Gasteiger partial charge is 0.468 e. The lowest BCUT2D eigenvalue weighted by atomic mass is 10.2. The van der Waals surface area contributed by atoms with Crippen molar-refractivity contribution in [2.24, 2.45) is 5.92 Å². The molecule has 2 aliphatic carbocycles. The molecule has 0 aromatic rings. The molecule has 2 rings (SSSR count). The monoisotopic (exact) mass is 240 g/mol. The Labute approximate surface area is 104 Å². The number of rotatable bonds is 8. The van der Waals surface area contributed by atoms with E-state index in [0.717, 1.165) is 18.9 Å². The third-order valence-corrected chi connectivity index (χ3v) is 3.57. The van der Waals surface area contributed by atoms with E-state index in [1.165, 1.54) is 39.3 Å². The number of hydrogen-bond donors (Lipinski definition) is 1. The van der Waals surface area contributed by atoms with Gasteiger partial charge in [0, 0.05) is 12.6 Å². The van der Waals surface area contributed by atoms with Crippen molar-refractivity contribution in [3.05, 3.63) is 0 Å². The molecule has 1 unspecified atom stereocenters. The van der Waals surface area contributed by atoms with Crippen molar-refractivity contribution >= 4 is 5.97 Å². The Kier molecular flexibility index (Phi) is 4.40. The number of hydrogen-bond acceptors (Lipinski definition) is 4. The van der Waals surface area contributed by atoms with Crippen molar-refractivity contribution in [2.45, 2.75) is 44.2 Å². The topological polar surface area (TPSA) is 41.6 Å². The lowest BCUT2D eigenvalue weighted by Gasteiger charge is -2.21. The number of carbonyl (C=O) groups excluding carboxylic acids is 1. The minimum absolute atomic E-state index is 0.114. The lowest BCUT2D eigenvalue weighted by molar-refractivity contribution is -0.143. The van der Waals surface area contributed by atoms with Crippen LogP contribution in [0.5, 0.6) is 0 Å². The quantitative estimate of drug-likeness (QED) is 0.643. The Morgan fingerprint density at radius 1 is 1.41 bits per heavy atom. The van der Waals surface area contributed by atoms with Gasteiger partial charge in [0.15, 0.2) is 0 Å². The molecular weight excluding hydrogens is 216 g/mol. The highest BCUT2D eigenvalue weighted by atomic mass is 16.5. The van der Waals surface area contributed by atoms with Crippen LogP contribution in [0.2, 0.25) is 0 Å². The first-order valence-corrected chi connectivity index (χ1v) is 6.71. The maximum atomic E-state index is 11.6. The van der Waals surface area contributed by atoms with Crippen LogP contribution in [0, 0.1) is 5.92 Å². The van der Waals surface area contributed by atoms with Crippen LogP contribution in [0.25, 0.3) is 0 Å². The molecule has 4 heteroatoms. The number of esters is 1. The summed E-state index contributed by atoms with van der Waals surface area (Å²) in [4.78, 5) is 14.0. The molecule has 0 heterocycles. The van der Waals surface area contributed by atoms with Crippen molar-refractivity contribution in [3.63, 3.8) is 0 Å². The maximum Gasteiger partial charge on any atom is 0.322 e. The van der Waals surface area contributed by atoms with Crippen molar-refractivity contribution in [2.75, 3.05) is 27.2 Å². The molecule has 0 aromatic carbocycles. The molecule has 0 amide bonds. The number of carbonyl (C=O) groups is 1. The smallest absolute Gasteiger partial charge is 0.322 e. The van der Waals surface area contributed by atoms with Gasteiger partial charge in [-0.2, -0.15) is 0 Å². The zero-order valence-electron chi connectivity index (χ0n) is 10.9. The van der Waals surface area contributed by atoms with Crippen molar-refractivity contribution in [1.82, 2.24) is 10.2 Å². The second kappa shape index (κ2) is 5.83. The molecule has 2 saturated carbocycles. The van der Waals surface area contributed by atoms with Gasteiger partial charge in [0.2, 0.25) is 0 Å². The van der Waals surface area contributed by atoms with Gasteiger partial charge in [-0.1, -0.05) is 0 Å². The zero-order chi connectivity index (χ0) is 12.3. The van der Waals surface area contributed by atoms with Gasteiger partial charge in [0.05, 0.1) is 7.11 Å². The van der Waals surface area contributed by atoms with E-state index in [2.05, 4.69) is 17.3 Å². The summed E-state index contributed by atoms with van der Waals surface area (Å²) in [6, 6.07) is 0.432. The summed E-state index contributed by atoms with van der Waals surface area (Å²) in [5, 5.41) is 3.36. The van der Waals surface area contributed by atoms with E-state index in [4.69, 9.17) is 4.74 Å². The van der Waals surface area contributed by atoms with Gasteiger partial charge in [0.25, 0.3) is 0 Å². The Balaban J connectivity index is 1.68. The van der Waals surface area contributed by atoms with Gasteiger partial charge < -0.3 is 15.0 Å². The van der Waals surface area contributed by atoms with Gasteiger partial charge in [-0.05, 0) is 51.6 Å². The first kappa shape index (κ1) is 12.8. The van der Waals surface area contributed by atoms with Crippen LogP contribution in [0.3, 0.4) is 0 Å². The summed E-state index contributed by atoms with van der Waals surface area (Å²) in [5.74, 6) is 0.796. The van der Waals surface area contributed by atoms with Crippen molar-refractivity contribution < 1.29 is 9.53 Å². The Morgan fingerprint density at radius 2 is 2.12 bits per heavy atom. The summed E-state index contributed by atoms with van der Waals surface area (Å²) >= 11 is 0. The molecule has 2 aliphatic rings. The molecule has 0 aromatic heterocycles. The number of methoxy groups -OCH3 is 1. The Hall–Kier alpha value is -0.610. The van der Waals surface area contributed by atoms with Crippen LogP contribution < -0.4 is 5.32 Å². The van der Waals surface area contributed by atoms with Crippen LogP contribution in [-0.4, -0.2) is 50.2 Å². The van der Waals surface area contributed by atoms with Crippen molar-refractivity contribution in [3.8, 4) is 0 Å². The van der Waals surface area contributed by atoms with E-state index in [9.17, 15) is 4.79 Å². The summed E-state index contributed by atoms with van der Waals surface area (Å²) in [6.07, 6.45) is 6.01. The first-order chi connectivity index (χ1) is 8.19. The molecule has 1 N–H and O–H groups in total. The predicted octanol–water partition coefficient (Wildman–Crippen LogP) is 1.01. The average Bonchev–Trinajstić information content (AvgIpc) is 3.17. The van der Waals surface area contributed by atoms with E-state index in [1.54, 1.807) is 0 Å². The van der Waals surface area contributed by atoms with Gasteiger partial charge in [-0.3, -0.25) is 4.79 Å². The highest BCUT2D eigenvalue weighted by Crippen LogP contribution is 2.29. The fourth-order valence-electron chi connectivity index (χ4n) is 2.13. The minimum Gasteiger partial charge on any atom is -0.468 e. The molecule has 1 atom stereocenters. The fraction of sp³-hybridized carbons (Fsp3) is 0.923. The van der Waals surface area contributed by atoms with E-state index in [-0.39, 0.29) is 12.0 Å². The van der Waals surface area contributed by atoms with Gasteiger partial charge >= 0.3 is 5.97 Å². The molecular formula is C13H24N2O2. The highest BCUT2D eigenvalue weighted by Gasteiger charge is 2.29. The molecule has 0 radical (unpaired) electrons. The standard InChI is InChI=1S/C13H24N2O2/c1-15(9-10-3-4-10)8-7-12(13(16)17-2)14-11-5-6-11/h10-12,14H,3-9H2,1-2H3. The molecule has 4 nitrogen and oxygen atoms in total. The van der Waals surface area contributed by atoms with Crippen LogP contribution in [-0.2, 0) is 9.53 Å². The van der Waals surface area contributed by atoms with Crippen LogP contribution in [0.15, 0.2) is 0 Å². The molecule has 0 spiro atoms. The van der Waals surface area contributed by atoms with Crippen LogP contribution >= 0.6 is 0 Å². The number of nitrogens with zero attached hydrogens (tertiary/aromatic N) is 1. The molecule has 2 fully saturated rings. The average molecular weight is 240 g/mol.